The quantitative estimate of drug-likeness (QED) is 0.256. The summed E-state index contributed by atoms with van der Waals surface area (Å²) in [5, 5.41) is 4.89. The van der Waals surface area contributed by atoms with E-state index in [1.807, 2.05) is 22.6 Å². The molecule has 1 amide bonds. The molecular weight excluding hydrogens is 477 g/mol. The van der Waals surface area contributed by atoms with Crippen LogP contribution >= 0.6 is 0 Å². The van der Waals surface area contributed by atoms with Crippen LogP contribution in [0.5, 0.6) is 0 Å². The van der Waals surface area contributed by atoms with Crippen molar-refractivity contribution in [2.75, 3.05) is 31.1 Å². The summed E-state index contributed by atoms with van der Waals surface area (Å²) < 4.78 is 16.1. The molecule has 6 nitrogen and oxygen atoms in total. The van der Waals surface area contributed by atoms with E-state index in [-0.39, 0.29) is 17.8 Å². The van der Waals surface area contributed by atoms with Crippen molar-refractivity contribution in [2.45, 2.75) is 112 Å². The van der Waals surface area contributed by atoms with E-state index in [0.717, 1.165) is 56.1 Å². The number of rotatable bonds is 14. The first-order valence-corrected chi connectivity index (χ1v) is 14.9. The van der Waals surface area contributed by atoms with Crippen LogP contribution in [0.15, 0.2) is 24.3 Å². The highest BCUT2D eigenvalue weighted by Gasteiger charge is 2.29. The molecule has 0 N–H and O–H groups in total. The van der Waals surface area contributed by atoms with E-state index in [0.29, 0.717) is 24.7 Å². The van der Waals surface area contributed by atoms with Crippen molar-refractivity contribution in [1.29, 1.82) is 0 Å². The second kappa shape index (κ2) is 14.7. The topological polar surface area (TPSA) is 44.6 Å². The highest BCUT2D eigenvalue weighted by Crippen LogP contribution is 2.31. The van der Waals surface area contributed by atoms with Crippen LogP contribution in [0.25, 0.3) is 5.69 Å². The van der Waals surface area contributed by atoms with E-state index >= 15 is 0 Å². The van der Waals surface area contributed by atoms with E-state index in [1.165, 1.54) is 44.2 Å². The Morgan fingerprint density at radius 3 is 2.26 bits per heavy atom. The van der Waals surface area contributed by atoms with Crippen molar-refractivity contribution >= 4 is 11.7 Å². The molecule has 0 unspecified atom stereocenters. The molecule has 0 spiro atoms. The number of benzene rings is 1. The van der Waals surface area contributed by atoms with Gasteiger partial charge in [-0.05, 0) is 59.2 Å². The lowest BCUT2D eigenvalue weighted by Crippen LogP contribution is -2.49. The lowest BCUT2D eigenvalue weighted by atomic mass is 10.1. The van der Waals surface area contributed by atoms with Gasteiger partial charge in [0.25, 0.3) is 0 Å². The number of nitrogens with zero attached hydrogens (tertiary/aromatic N) is 5. The number of carbonyl (C=O) groups is 1. The standard InChI is InChI=1S/C31H50FN5O/c1-7-8-9-10-11-12-13-17-30(38)36(25(4)5)23-29-26(6)33-37(28-16-14-15-27(32)22-28)31(29)35-20-18-34(19-21-35)24(2)3/h14-16,22,24-25H,7-13,17-21,23H2,1-6H3. The zero-order valence-electron chi connectivity index (χ0n) is 24.7. The maximum atomic E-state index is 14.2. The minimum absolute atomic E-state index is 0.0922. The number of amides is 1. The fourth-order valence-electron chi connectivity index (χ4n) is 5.40. The van der Waals surface area contributed by atoms with Crippen LogP contribution in [-0.2, 0) is 11.3 Å². The molecule has 38 heavy (non-hydrogen) atoms. The zero-order chi connectivity index (χ0) is 27.7. The SMILES string of the molecule is CCCCCCCCCC(=O)N(Cc1c(C)nn(-c2cccc(F)c2)c1N1CCN(C(C)C)CC1)C(C)C. The Labute approximate surface area is 230 Å². The summed E-state index contributed by atoms with van der Waals surface area (Å²) in [6.45, 7) is 17.1. The third kappa shape index (κ3) is 8.05. The van der Waals surface area contributed by atoms with Gasteiger partial charge in [-0.3, -0.25) is 9.69 Å². The highest BCUT2D eigenvalue weighted by molar-refractivity contribution is 5.76. The van der Waals surface area contributed by atoms with Crippen LogP contribution in [0.1, 0.15) is 97.2 Å². The summed E-state index contributed by atoms with van der Waals surface area (Å²) in [6, 6.07) is 7.23. The lowest BCUT2D eigenvalue weighted by molar-refractivity contribution is -0.133. The van der Waals surface area contributed by atoms with Crippen LogP contribution < -0.4 is 4.90 Å². The Morgan fingerprint density at radius 2 is 1.66 bits per heavy atom. The van der Waals surface area contributed by atoms with Crippen molar-refractivity contribution < 1.29 is 9.18 Å². The predicted octanol–water partition coefficient (Wildman–Crippen LogP) is 6.73. The maximum Gasteiger partial charge on any atom is 0.223 e. The van der Waals surface area contributed by atoms with Gasteiger partial charge in [-0.15, -0.1) is 0 Å². The molecule has 2 aromatic rings. The highest BCUT2D eigenvalue weighted by atomic mass is 19.1. The number of halogens is 1. The van der Waals surface area contributed by atoms with E-state index in [1.54, 1.807) is 6.07 Å². The number of anilines is 1. The van der Waals surface area contributed by atoms with Gasteiger partial charge in [0.2, 0.25) is 5.91 Å². The lowest BCUT2D eigenvalue weighted by Gasteiger charge is -2.39. The molecule has 1 aliphatic rings. The molecule has 1 aliphatic heterocycles. The second-order valence-corrected chi connectivity index (χ2v) is 11.4. The van der Waals surface area contributed by atoms with Crippen LogP contribution in [0, 0.1) is 12.7 Å². The van der Waals surface area contributed by atoms with Crippen molar-refractivity contribution in [3.05, 3.63) is 41.3 Å². The fourth-order valence-corrected chi connectivity index (χ4v) is 5.40. The first kappa shape index (κ1) is 30.1. The first-order valence-electron chi connectivity index (χ1n) is 14.9. The van der Waals surface area contributed by atoms with Gasteiger partial charge in [-0.25, -0.2) is 9.07 Å². The fraction of sp³-hybridized carbons (Fsp3) is 0.677. The molecule has 3 rings (SSSR count). The number of hydrogen-bond acceptors (Lipinski definition) is 4. The number of unbranched alkanes of at least 4 members (excludes halogenated alkanes) is 6. The van der Waals surface area contributed by atoms with Crippen LogP contribution in [-0.4, -0.2) is 63.8 Å². The third-order valence-corrected chi connectivity index (χ3v) is 7.82. The van der Waals surface area contributed by atoms with E-state index in [9.17, 15) is 9.18 Å². The van der Waals surface area contributed by atoms with Crippen molar-refractivity contribution in [3.63, 3.8) is 0 Å². The van der Waals surface area contributed by atoms with Gasteiger partial charge < -0.3 is 9.80 Å². The normalized spacial score (nSPS) is 14.6. The van der Waals surface area contributed by atoms with Gasteiger partial charge in [0.1, 0.15) is 11.6 Å². The van der Waals surface area contributed by atoms with Crippen molar-refractivity contribution in [3.8, 4) is 5.69 Å². The minimum atomic E-state index is -0.276. The molecule has 212 valence electrons. The molecule has 1 aromatic carbocycles. The third-order valence-electron chi connectivity index (χ3n) is 7.82. The number of aromatic nitrogens is 2. The van der Waals surface area contributed by atoms with E-state index in [4.69, 9.17) is 5.10 Å². The number of aryl methyl sites for hydroxylation is 1. The minimum Gasteiger partial charge on any atom is -0.354 e. The largest absolute Gasteiger partial charge is 0.354 e. The molecule has 0 atom stereocenters. The summed E-state index contributed by atoms with van der Waals surface area (Å²) in [5.74, 6) is 0.925. The van der Waals surface area contributed by atoms with Gasteiger partial charge >= 0.3 is 0 Å². The summed E-state index contributed by atoms with van der Waals surface area (Å²) in [7, 11) is 0. The van der Waals surface area contributed by atoms with E-state index in [2.05, 4.69) is 44.4 Å². The number of piperazine rings is 1. The molecule has 0 bridgehead atoms. The molecule has 1 aromatic heterocycles. The average molecular weight is 528 g/mol. The van der Waals surface area contributed by atoms with Gasteiger partial charge in [-0.1, -0.05) is 51.5 Å². The number of hydrogen-bond donors (Lipinski definition) is 0. The zero-order valence-corrected chi connectivity index (χ0v) is 24.7. The monoisotopic (exact) mass is 527 g/mol. The van der Waals surface area contributed by atoms with E-state index < -0.39 is 0 Å². The molecule has 1 fully saturated rings. The summed E-state index contributed by atoms with van der Waals surface area (Å²) in [5.41, 5.74) is 2.67. The second-order valence-electron chi connectivity index (χ2n) is 11.4. The van der Waals surface area contributed by atoms with Crippen LogP contribution in [0.3, 0.4) is 0 Å². The number of carbonyl (C=O) groups excluding carboxylic acids is 1. The maximum absolute atomic E-state index is 14.2. The van der Waals surface area contributed by atoms with Crippen LogP contribution in [0.4, 0.5) is 10.2 Å². The predicted molar refractivity (Wildman–Crippen MR) is 155 cm³/mol. The molecule has 0 aliphatic carbocycles. The first-order chi connectivity index (χ1) is 18.2. The molecule has 1 saturated heterocycles. The summed E-state index contributed by atoms with van der Waals surface area (Å²) >= 11 is 0. The molecule has 2 heterocycles. The molecule has 0 radical (unpaired) electrons. The van der Waals surface area contributed by atoms with Gasteiger partial charge in [-0.2, -0.15) is 5.10 Å². The van der Waals surface area contributed by atoms with Crippen molar-refractivity contribution in [2.24, 2.45) is 0 Å². The van der Waals surface area contributed by atoms with Gasteiger partial charge in [0.15, 0.2) is 0 Å². The average Bonchev–Trinajstić information content (AvgIpc) is 3.22. The smallest absolute Gasteiger partial charge is 0.223 e. The van der Waals surface area contributed by atoms with Crippen LogP contribution in [0.2, 0.25) is 0 Å². The van der Waals surface area contributed by atoms with Gasteiger partial charge in [0.05, 0.1) is 17.9 Å². The Bertz CT molecular complexity index is 1010. The Morgan fingerprint density at radius 1 is 1.00 bits per heavy atom. The molecule has 0 saturated carbocycles. The molecular formula is C31H50FN5O. The Balaban J connectivity index is 1.82. The van der Waals surface area contributed by atoms with Gasteiger partial charge in [0, 0.05) is 50.2 Å². The van der Waals surface area contributed by atoms with Crippen molar-refractivity contribution in [1.82, 2.24) is 19.6 Å². The Hall–Kier alpha value is -2.41. The Kier molecular flexibility index (Phi) is 11.6. The molecule has 7 heteroatoms. The summed E-state index contributed by atoms with van der Waals surface area (Å²) in [4.78, 5) is 20.3. The summed E-state index contributed by atoms with van der Waals surface area (Å²) in [6.07, 6.45) is 8.98.